The highest BCUT2D eigenvalue weighted by Crippen LogP contribution is 2.25. The Hall–Kier alpha value is -0.220. The number of carbonyl (C=O) groups excluding carboxylic acids is 1. The molecule has 15 heavy (non-hydrogen) atoms. The summed E-state index contributed by atoms with van der Waals surface area (Å²) in [7, 11) is 0. The second-order valence-electron chi connectivity index (χ2n) is 4.32. The fourth-order valence-corrected chi connectivity index (χ4v) is 3.48. The molecule has 0 aromatic heterocycles. The topological polar surface area (TPSA) is 23.6 Å². The Bertz CT molecular complexity index is 221. The van der Waals surface area contributed by atoms with E-state index in [1.165, 1.54) is 5.75 Å². The SMILES string of the molecule is CCN1CCN(C(=O)C2CCSC2)CC1. The first kappa shape index (κ1) is 11.3. The van der Waals surface area contributed by atoms with Crippen molar-refractivity contribution in [1.29, 1.82) is 0 Å². The number of hydrogen-bond donors (Lipinski definition) is 0. The van der Waals surface area contributed by atoms with Crippen molar-refractivity contribution in [1.82, 2.24) is 9.80 Å². The van der Waals surface area contributed by atoms with Crippen molar-refractivity contribution in [2.45, 2.75) is 13.3 Å². The van der Waals surface area contributed by atoms with Crippen LogP contribution in [0, 0.1) is 5.92 Å². The molecular weight excluding hydrogens is 208 g/mol. The lowest BCUT2D eigenvalue weighted by atomic mass is 10.1. The van der Waals surface area contributed by atoms with Gasteiger partial charge in [-0.05, 0) is 18.7 Å². The first-order chi connectivity index (χ1) is 7.31. The lowest BCUT2D eigenvalue weighted by Crippen LogP contribution is -2.50. The summed E-state index contributed by atoms with van der Waals surface area (Å²) in [6.45, 7) is 7.29. The zero-order chi connectivity index (χ0) is 10.7. The third kappa shape index (κ3) is 2.67. The number of amides is 1. The lowest BCUT2D eigenvalue weighted by Gasteiger charge is -2.35. The molecule has 0 aliphatic carbocycles. The number of carbonyl (C=O) groups is 1. The fraction of sp³-hybridized carbons (Fsp3) is 0.909. The van der Waals surface area contributed by atoms with E-state index in [9.17, 15) is 4.79 Å². The highest BCUT2D eigenvalue weighted by atomic mass is 32.2. The molecule has 0 N–H and O–H groups in total. The molecule has 86 valence electrons. The quantitative estimate of drug-likeness (QED) is 0.702. The van der Waals surface area contributed by atoms with Crippen molar-refractivity contribution in [3.8, 4) is 0 Å². The summed E-state index contributed by atoms with van der Waals surface area (Å²) < 4.78 is 0. The monoisotopic (exact) mass is 228 g/mol. The van der Waals surface area contributed by atoms with Crippen molar-refractivity contribution in [2.75, 3.05) is 44.2 Å². The first-order valence-corrected chi connectivity index (χ1v) is 7.05. The maximum absolute atomic E-state index is 12.1. The summed E-state index contributed by atoms with van der Waals surface area (Å²) in [5.74, 6) is 2.96. The Labute approximate surface area is 96.2 Å². The second-order valence-corrected chi connectivity index (χ2v) is 5.47. The minimum atomic E-state index is 0.322. The summed E-state index contributed by atoms with van der Waals surface area (Å²) in [6.07, 6.45) is 1.09. The highest BCUT2D eigenvalue weighted by molar-refractivity contribution is 7.99. The van der Waals surface area contributed by atoms with Gasteiger partial charge < -0.3 is 9.80 Å². The van der Waals surface area contributed by atoms with Crippen LogP contribution in [0.3, 0.4) is 0 Å². The minimum Gasteiger partial charge on any atom is -0.340 e. The molecule has 2 fully saturated rings. The Morgan fingerprint density at radius 3 is 2.60 bits per heavy atom. The number of nitrogens with zero attached hydrogens (tertiary/aromatic N) is 2. The molecule has 1 unspecified atom stereocenters. The molecule has 0 bridgehead atoms. The van der Waals surface area contributed by atoms with Crippen LogP contribution in [0.1, 0.15) is 13.3 Å². The van der Waals surface area contributed by atoms with E-state index in [2.05, 4.69) is 16.7 Å². The molecular formula is C11H20N2OS. The summed E-state index contributed by atoms with van der Waals surface area (Å²) in [6, 6.07) is 0. The minimum absolute atomic E-state index is 0.322. The Kier molecular flexibility index (Phi) is 3.92. The van der Waals surface area contributed by atoms with E-state index in [0.717, 1.165) is 44.9 Å². The van der Waals surface area contributed by atoms with Crippen LogP contribution in [-0.2, 0) is 4.79 Å². The van der Waals surface area contributed by atoms with Gasteiger partial charge in [-0.1, -0.05) is 6.92 Å². The maximum Gasteiger partial charge on any atom is 0.226 e. The van der Waals surface area contributed by atoms with Gasteiger partial charge in [0, 0.05) is 37.8 Å². The third-order valence-corrected chi connectivity index (χ3v) is 4.57. The van der Waals surface area contributed by atoms with Gasteiger partial charge in [-0.25, -0.2) is 0 Å². The zero-order valence-electron chi connectivity index (χ0n) is 9.45. The molecule has 2 saturated heterocycles. The standard InChI is InChI=1S/C11H20N2OS/c1-2-12-4-6-13(7-5-12)11(14)10-3-8-15-9-10/h10H,2-9H2,1H3. The zero-order valence-corrected chi connectivity index (χ0v) is 10.3. The van der Waals surface area contributed by atoms with Crippen molar-refractivity contribution in [3.05, 3.63) is 0 Å². The highest BCUT2D eigenvalue weighted by Gasteiger charge is 2.29. The van der Waals surface area contributed by atoms with Crippen molar-refractivity contribution in [2.24, 2.45) is 5.92 Å². The normalized spacial score (nSPS) is 28.3. The van der Waals surface area contributed by atoms with Crippen LogP contribution < -0.4 is 0 Å². The number of piperazine rings is 1. The van der Waals surface area contributed by atoms with Crippen LogP contribution in [0.2, 0.25) is 0 Å². The Balaban J connectivity index is 1.81. The molecule has 2 aliphatic heterocycles. The number of rotatable bonds is 2. The van der Waals surface area contributed by atoms with Crippen molar-refractivity contribution in [3.63, 3.8) is 0 Å². The first-order valence-electron chi connectivity index (χ1n) is 5.90. The van der Waals surface area contributed by atoms with Gasteiger partial charge in [0.05, 0.1) is 0 Å². The molecule has 0 spiro atoms. The lowest BCUT2D eigenvalue weighted by molar-refractivity contribution is -0.136. The van der Waals surface area contributed by atoms with Crippen LogP contribution in [0.25, 0.3) is 0 Å². The van der Waals surface area contributed by atoms with E-state index in [0.29, 0.717) is 11.8 Å². The van der Waals surface area contributed by atoms with Gasteiger partial charge in [0.15, 0.2) is 0 Å². The third-order valence-electron chi connectivity index (χ3n) is 3.41. The van der Waals surface area contributed by atoms with E-state index in [-0.39, 0.29) is 0 Å². The molecule has 1 atom stereocenters. The van der Waals surface area contributed by atoms with Crippen molar-refractivity contribution < 1.29 is 4.79 Å². The van der Waals surface area contributed by atoms with Gasteiger partial charge in [-0.2, -0.15) is 11.8 Å². The van der Waals surface area contributed by atoms with Gasteiger partial charge in [-0.15, -0.1) is 0 Å². The molecule has 0 radical (unpaired) electrons. The molecule has 0 aromatic rings. The molecule has 2 aliphatic rings. The smallest absolute Gasteiger partial charge is 0.226 e. The van der Waals surface area contributed by atoms with E-state index < -0.39 is 0 Å². The number of thioether (sulfide) groups is 1. The van der Waals surface area contributed by atoms with Crippen molar-refractivity contribution >= 4 is 17.7 Å². The van der Waals surface area contributed by atoms with Crippen LogP contribution in [0.5, 0.6) is 0 Å². The Morgan fingerprint density at radius 2 is 2.07 bits per heavy atom. The molecule has 0 aromatic carbocycles. The van der Waals surface area contributed by atoms with Gasteiger partial charge in [-0.3, -0.25) is 4.79 Å². The Morgan fingerprint density at radius 1 is 1.33 bits per heavy atom. The van der Waals surface area contributed by atoms with Gasteiger partial charge in [0.2, 0.25) is 5.91 Å². The predicted molar refractivity (Wildman–Crippen MR) is 64.1 cm³/mol. The summed E-state index contributed by atoms with van der Waals surface area (Å²) in [5.41, 5.74) is 0. The summed E-state index contributed by atoms with van der Waals surface area (Å²) >= 11 is 1.92. The van der Waals surface area contributed by atoms with E-state index in [1.807, 2.05) is 11.8 Å². The van der Waals surface area contributed by atoms with Crippen LogP contribution in [-0.4, -0.2) is 59.9 Å². The van der Waals surface area contributed by atoms with Crippen LogP contribution >= 0.6 is 11.8 Å². The molecule has 2 heterocycles. The number of hydrogen-bond acceptors (Lipinski definition) is 3. The average molecular weight is 228 g/mol. The van der Waals surface area contributed by atoms with Crippen LogP contribution in [0.4, 0.5) is 0 Å². The van der Waals surface area contributed by atoms with E-state index in [1.54, 1.807) is 0 Å². The number of likely N-dealkylation sites (N-methyl/N-ethyl adjacent to an activating group) is 1. The second kappa shape index (κ2) is 5.21. The van der Waals surface area contributed by atoms with Gasteiger partial charge in [0.1, 0.15) is 0 Å². The average Bonchev–Trinajstić information content (AvgIpc) is 2.82. The molecule has 2 rings (SSSR count). The van der Waals surface area contributed by atoms with E-state index >= 15 is 0 Å². The predicted octanol–water partition coefficient (Wildman–Crippen LogP) is 0.904. The van der Waals surface area contributed by atoms with Crippen LogP contribution in [0.15, 0.2) is 0 Å². The van der Waals surface area contributed by atoms with Gasteiger partial charge >= 0.3 is 0 Å². The largest absolute Gasteiger partial charge is 0.340 e. The molecule has 3 nitrogen and oxygen atoms in total. The van der Waals surface area contributed by atoms with E-state index in [4.69, 9.17) is 0 Å². The maximum atomic E-state index is 12.1. The molecule has 1 amide bonds. The fourth-order valence-electron chi connectivity index (χ4n) is 2.27. The summed E-state index contributed by atoms with van der Waals surface area (Å²) in [4.78, 5) is 16.6. The summed E-state index contributed by atoms with van der Waals surface area (Å²) in [5, 5.41) is 0. The van der Waals surface area contributed by atoms with Gasteiger partial charge in [0.25, 0.3) is 0 Å². The molecule has 4 heteroatoms. The molecule has 0 saturated carbocycles.